The van der Waals surface area contributed by atoms with Crippen LogP contribution in [0.25, 0.3) is 22.6 Å². The number of halogens is 1. The van der Waals surface area contributed by atoms with Gasteiger partial charge in [-0.1, -0.05) is 6.92 Å². The van der Waals surface area contributed by atoms with E-state index in [9.17, 15) is 4.39 Å². The van der Waals surface area contributed by atoms with Gasteiger partial charge in [0.05, 0.1) is 43.5 Å². The number of morpholine rings is 1. The molecule has 0 amide bonds. The molecule has 0 radical (unpaired) electrons. The van der Waals surface area contributed by atoms with E-state index < -0.39 is 6.29 Å². The maximum Gasteiger partial charge on any atom is 0.223 e. The summed E-state index contributed by atoms with van der Waals surface area (Å²) in [6, 6.07) is 8.03. The Bertz CT molecular complexity index is 1160. The van der Waals surface area contributed by atoms with Crippen molar-refractivity contribution in [2.24, 2.45) is 11.1 Å². The van der Waals surface area contributed by atoms with Crippen LogP contribution in [0, 0.1) is 11.2 Å². The number of aromatic nitrogens is 4. The molecule has 1 aromatic carbocycles. The van der Waals surface area contributed by atoms with Crippen LogP contribution in [0.3, 0.4) is 0 Å². The predicted molar refractivity (Wildman–Crippen MR) is 137 cm³/mol. The lowest BCUT2D eigenvalue weighted by atomic mass is 9.93. The fourth-order valence-corrected chi connectivity index (χ4v) is 4.34. The fourth-order valence-electron chi connectivity index (χ4n) is 4.34. The highest BCUT2D eigenvalue weighted by molar-refractivity contribution is 5.77. The molecule has 10 nitrogen and oxygen atoms in total. The average molecular weight is 512 g/mol. The zero-order chi connectivity index (χ0) is 25.7. The second-order valence-corrected chi connectivity index (χ2v) is 9.82. The lowest BCUT2D eigenvalue weighted by Gasteiger charge is -2.35. The first-order chi connectivity index (χ1) is 18.0. The molecule has 37 heavy (non-hydrogen) atoms. The summed E-state index contributed by atoms with van der Waals surface area (Å²) in [6.45, 7) is 8.70. The van der Waals surface area contributed by atoms with Crippen molar-refractivity contribution >= 4 is 5.95 Å². The average Bonchev–Trinajstić information content (AvgIpc) is 3.38. The second kappa shape index (κ2) is 11.6. The minimum Gasteiger partial charge on any atom is -0.379 e. The first-order valence-corrected chi connectivity index (χ1v) is 12.7. The molecule has 0 aliphatic carbocycles. The highest BCUT2D eigenvalue weighted by atomic mass is 19.1. The number of hydrogen-bond donors (Lipinski definition) is 3. The molecule has 2 fully saturated rings. The zero-order valence-corrected chi connectivity index (χ0v) is 21.1. The molecule has 2 aromatic heterocycles. The Balaban J connectivity index is 1.34. The highest BCUT2D eigenvalue weighted by Gasteiger charge is 2.34. The van der Waals surface area contributed by atoms with Gasteiger partial charge >= 0.3 is 0 Å². The third-order valence-corrected chi connectivity index (χ3v) is 6.67. The van der Waals surface area contributed by atoms with Crippen molar-refractivity contribution in [3.05, 3.63) is 48.2 Å². The van der Waals surface area contributed by atoms with E-state index in [-0.39, 0.29) is 11.2 Å². The Morgan fingerprint density at radius 2 is 1.89 bits per heavy atom. The van der Waals surface area contributed by atoms with Crippen LogP contribution in [0.2, 0.25) is 0 Å². The van der Waals surface area contributed by atoms with E-state index in [4.69, 9.17) is 29.9 Å². The molecular weight excluding hydrogens is 477 g/mol. The molecule has 0 atom stereocenters. The number of hydrogen-bond acceptors (Lipinski definition) is 9. The van der Waals surface area contributed by atoms with Gasteiger partial charge in [0, 0.05) is 43.4 Å². The summed E-state index contributed by atoms with van der Waals surface area (Å²) >= 11 is 0. The third kappa shape index (κ3) is 6.31. The Labute approximate surface area is 215 Å². The SMILES string of the molecule is CC1(CN)COC(c2nc(-c3ccc(F)cc3)c(-c3ccnc(NCCCN4CCOCC4)n3)[nH]2)OC1. The van der Waals surface area contributed by atoms with E-state index in [1.165, 1.54) is 12.1 Å². The number of nitrogens with two attached hydrogens (primary N) is 1. The summed E-state index contributed by atoms with van der Waals surface area (Å²) in [5, 5.41) is 3.32. The standard InChI is InChI=1S/C26H34FN7O3/c1-26(15-28)16-36-24(37-17-26)23-32-21(18-3-5-19(27)6-4-18)22(33-23)20-7-9-30-25(31-20)29-8-2-10-34-11-13-35-14-12-34/h3-7,9,24H,2,8,10-17,28H2,1H3,(H,32,33)(H,29,30,31). The highest BCUT2D eigenvalue weighted by Crippen LogP contribution is 2.35. The van der Waals surface area contributed by atoms with Crippen molar-refractivity contribution in [2.45, 2.75) is 19.6 Å². The summed E-state index contributed by atoms with van der Waals surface area (Å²) in [4.78, 5) is 19.6. The van der Waals surface area contributed by atoms with Gasteiger partial charge < -0.3 is 30.2 Å². The Hall–Kier alpha value is -2.96. The molecular formula is C26H34FN7O3. The quantitative estimate of drug-likeness (QED) is 0.372. The lowest BCUT2D eigenvalue weighted by molar-refractivity contribution is -0.231. The van der Waals surface area contributed by atoms with Crippen LogP contribution >= 0.6 is 0 Å². The number of H-pyrrole nitrogens is 1. The summed E-state index contributed by atoms with van der Waals surface area (Å²) in [6.07, 6.45) is 2.02. The van der Waals surface area contributed by atoms with Gasteiger partial charge in [-0.2, -0.15) is 0 Å². The summed E-state index contributed by atoms with van der Waals surface area (Å²) in [7, 11) is 0. The molecule has 5 rings (SSSR count). The van der Waals surface area contributed by atoms with Crippen LogP contribution in [0.1, 0.15) is 25.5 Å². The van der Waals surface area contributed by atoms with E-state index in [2.05, 4.69) is 20.2 Å². The molecule has 0 unspecified atom stereocenters. The number of anilines is 1. The molecule has 4 N–H and O–H groups in total. The van der Waals surface area contributed by atoms with E-state index in [1.54, 1.807) is 18.3 Å². The lowest BCUT2D eigenvalue weighted by Crippen LogP contribution is -2.42. The van der Waals surface area contributed by atoms with Crippen LogP contribution in [0.4, 0.5) is 10.3 Å². The van der Waals surface area contributed by atoms with Gasteiger partial charge in [0.1, 0.15) is 5.82 Å². The normalized spacial score (nSPS) is 22.7. The summed E-state index contributed by atoms with van der Waals surface area (Å²) in [5.74, 6) is 0.739. The first-order valence-electron chi connectivity index (χ1n) is 12.7. The smallest absolute Gasteiger partial charge is 0.223 e. The second-order valence-electron chi connectivity index (χ2n) is 9.82. The topological polar surface area (TPSA) is 123 Å². The molecule has 2 aliphatic rings. The number of nitrogens with zero attached hydrogens (tertiary/aromatic N) is 4. The van der Waals surface area contributed by atoms with Gasteiger partial charge in [-0.05, 0) is 43.3 Å². The van der Waals surface area contributed by atoms with E-state index in [0.29, 0.717) is 48.6 Å². The number of aromatic amines is 1. The number of rotatable bonds is 9. The number of imidazole rings is 1. The molecule has 0 spiro atoms. The number of benzene rings is 1. The van der Waals surface area contributed by atoms with Gasteiger partial charge in [0.25, 0.3) is 0 Å². The Morgan fingerprint density at radius 1 is 1.14 bits per heavy atom. The maximum atomic E-state index is 13.6. The van der Waals surface area contributed by atoms with E-state index in [0.717, 1.165) is 51.4 Å². The minimum atomic E-state index is -0.660. The minimum absolute atomic E-state index is 0.235. The van der Waals surface area contributed by atoms with Crippen molar-refractivity contribution in [1.82, 2.24) is 24.8 Å². The van der Waals surface area contributed by atoms with Crippen LogP contribution in [0.5, 0.6) is 0 Å². The molecule has 2 saturated heterocycles. The van der Waals surface area contributed by atoms with Crippen molar-refractivity contribution in [3.63, 3.8) is 0 Å². The first kappa shape index (κ1) is 25.7. The van der Waals surface area contributed by atoms with Crippen LogP contribution in [0.15, 0.2) is 36.5 Å². The van der Waals surface area contributed by atoms with Crippen molar-refractivity contribution in [2.75, 3.05) is 64.5 Å². The van der Waals surface area contributed by atoms with Gasteiger partial charge in [-0.25, -0.2) is 19.3 Å². The molecule has 0 saturated carbocycles. The van der Waals surface area contributed by atoms with Gasteiger partial charge in [0.2, 0.25) is 12.2 Å². The molecule has 4 heterocycles. The van der Waals surface area contributed by atoms with E-state index >= 15 is 0 Å². The van der Waals surface area contributed by atoms with Crippen molar-refractivity contribution in [3.8, 4) is 22.6 Å². The molecule has 11 heteroatoms. The Kier molecular flexibility index (Phi) is 8.06. The van der Waals surface area contributed by atoms with Crippen molar-refractivity contribution in [1.29, 1.82) is 0 Å². The summed E-state index contributed by atoms with van der Waals surface area (Å²) in [5.41, 5.74) is 8.35. The van der Waals surface area contributed by atoms with Crippen LogP contribution in [-0.4, -0.2) is 84.0 Å². The van der Waals surface area contributed by atoms with Crippen molar-refractivity contribution < 1.29 is 18.6 Å². The van der Waals surface area contributed by atoms with Gasteiger partial charge in [0.15, 0.2) is 5.82 Å². The monoisotopic (exact) mass is 511 g/mol. The number of nitrogens with one attached hydrogen (secondary N) is 2. The number of ether oxygens (including phenoxy) is 3. The molecule has 2 aliphatic heterocycles. The van der Waals surface area contributed by atoms with Gasteiger partial charge in [-0.15, -0.1) is 0 Å². The third-order valence-electron chi connectivity index (χ3n) is 6.67. The van der Waals surface area contributed by atoms with E-state index in [1.807, 2.05) is 13.0 Å². The molecule has 3 aromatic rings. The van der Waals surface area contributed by atoms with Crippen LogP contribution in [-0.2, 0) is 14.2 Å². The zero-order valence-electron chi connectivity index (χ0n) is 21.1. The molecule has 0 bridgehead atoms. The van der Waals surface area contributed by atoms with Gasteiger partial charge in [-0.3, -0.25) is 4.90 Å². The maximum absolute atomic E-state index is 13.6. The van der Waals surface area contributed by atoms with Crippen LogP contribution < -0.4 is 11.1 Å². The fraction of sp³-hybridized carbons (Fsp3) is 0.500. The molecule has 198 valence electrons. The summed E-state index contributed by atoms with van der Waals surface area (Å²) < 4.78 is 31.0. The largest absolute Gasteiger partial charge is 0.379 e. The Morgan fingerprint density at radius 3 is 2.62 bits per heavy atom. The predicted octanol–water partition coefficient (Wildman–Crippen LogP) is 2.82.